The number of rotatable bonds is 5. The Morgan fingerprint density at radius 1 is 1.53 bits per heavy atom. The van der Waals surface area contributed by atoms with Crippen LogP contribution >= 0.6 is 0 Å². The van der Waals surface area contributed by atoms with E-state index in [1.54, 1.807) is 13.8 Å². The van der Waals surface area contributed by atoms with Gasteiger partial charge in [0.25, 0.3) is 0 Å². The highest BCUT2D eigenvalue weighted by molar-refractivity contribution is 5.81. The first-order chi connectivity index (χ1) is 7.93. The van der Waals surface area contributed by atoms with Gasteiger partial charge in [0.15, 0.2) is 11.6 Å². The van der Waals surface area contributed by atoms with Gasteiger partial charge in [0.1, 0.15) is 6.61 Å². The molecule has 17 heavy (non-hydrogen) atoms. The first-order valence-electron chi connectivity index (χ1n) is 5.02. The van der Waals surface area contributed by atoms with E-state index in [9.17, 15) is 19.3 Å². The SMILES string of the molecule is CC(C)C(=O)COc1c(F)cccc1[N+](=O)[O-]. The van der Waals surface area contributed by atoms with E-state index in [4.69, 9.17) is 4.74 Å². The summed E-state index contributed by atoms with van der Waals surface area (Å²) in [5, 5.41) is 10.6. The van der Waals surface area contributed by atoms with Gasteiger partial charge in [-0.2, -0.15) is 0 Å². The monoisotopic (exact) mass is 241 g/mol. The van der Waals surface area contributed by atoms with Crippen LogP contribution in [-0.2, 0) is 4.79 Å². The number of ketones is 1. The molecule has 0 saturated carbocycles. The minimum Gasteiger partial charge on any atom is -0.477 e. The topological polar surface area (TPSA) is 69.4 Å². The van der Waals surface area contributed by atoms with Crippen LogP contribution in [0.1, 0.15) is 13.8 Å². The molecular weight excluding hydrogens is 229 g/mol. The van der Waals surface area contributed by atoms with Gasteiger partial charge in [-0.1, -0.05) is 19.9 Å². The second kappa shape index (κ2) is 5.38. The molecule has 5 nitrogen and oxygen atoms in total. The lowest BCUT2D eigenvalue weighted by atomic mass is 10.1. The van der Waals surface area contributed by atoms with E-state index in [0.29, 0.717) is 0 Å². The van der Waals surface area contributed by atoms with Gasteiger partial charge in [0.2, 0.25) is 5.75 Å². The zero-order valence-corrected chi connectivity index (χ0v) is 9.47. The van der Waals surface area contributed by atoms with Crippen molar-refractivity contribution in [2.75, 3.05) is 6.61 Å². The zero-order valence-electron chi connectivity index (χ0n) is 9.47. The van der Waals surface area contributed by atoms with Crippen molar-refractivity contribution in [2.24, 2.45) is 5.92 Å². The second-order valence-electron chi connectivity index (χ2n) is 3.75. The molecule has 0 saturated heterocycles. The number of Topliss-reactive ketones (excluding diaryl/α,β-unsaturated/α-hetero) is 1. The smallest absolute Gasteiger partial charge is 0.314 e. The first kappa shape index (κ1) is 13.1. The molecule has 0 unspecified atom stereocenters. The molecule has 6 heteroatoms. The lowest BCUT2D eigenvalue weighted by Crippen LogP contribution is -2.17. The number of para-hydroxylation sites is 1. The molecule has 0 heterocycles. The average molecular weight is 241 g/mol. The highest BCUT2D eigenvalue weighted by Gasteiger charge is 2.20. The minimum atomic E-state index is -0.851. The quantitative estimate of drug-likeness (QED) is 0.586. The number of carbonyl (C=O) groups is 1. The predicted molar refractivity (Wildman–Crippen MR) is 58.4 cm³/mol. The fourth-order valence-corrected chi connectivity index (χ4v) is 1.09. The maximum atomic E-state index is 13.3. The normalized spacial score (nSPS) is 10.4. The fourth-order valence-electron chi connectivity index (χ4n) is 1.09. The van der Waals surface area contributed by atoms with E-state index in [-0.39, 0.29) is 18.3 Å². The molecule has 1 rings (SSSR count). The van der Waals surface area contributed by atoms with Crippen LogP contribution in [0.15, 0.2) is 18.2 Å². The Bertz CT molecular complexity index is 445. The molecular formula is C11H12FNO4. The number of ether oxygens (including phenoxy) is 1. The largest absolute Gasteiger partial charge is 0.477 e. The van der Waals surface area contributed by atoms with Gasteiger partial charge >= 0.3 is 5.69 Å². The van der Waals surface area contributed by atoms with Gasteiger partial charge in [-0.05, 0) is 6.07 Å². The Morgan fingerprint density at radius 3 is 2.71 bits per heavy atom. The third kappa shape index (κ3) is 3.24. The summed E-state index contributed by atoms with van der Waals surface area (Å²) in [6.07, 6.45) is 0. The Kier molecular flexibility index (Phi) is 4.14. The third-order valence-corrected chi connectivity index (χ3v) is 2.15. The van der Waals surface area contributed by atoms with Crippen molar-refractivity contribution in [3.05, 3.63) is 34.1 Å². The van der Waals surface area contributed by atoms with Crippen LogP contribution in [-0.4, -0.2) is 17.3 Å². The summed E-state index contributed by atoms with van der Waals surface area (Å²) < 4.78 is 18.2. The van der Waals surface area contributed by atoms with Gasteiger partial charge in [-0.25, -0.2) is 4.39 Å². The zero-order chi connectivity index (χ0) is 13.0. The molecule has 0 bridgehead atoms. The predicted octanol–water partition coefficient (Wildman–Crippen LogP) is 2.34. The number of benzene rings is 1. The number of hydrogen-bond acceptors (Lipinski definition) is 4. The van der Waals surface area contributed by atoms with Gasteiger partial charge < -0.3 is 4.74 Å². The van der Waals surface area contributed by atoms with Gasteiger partial charge in [-0.3, -0.25) is 14.9 Å². The number of nitrogens with zero attached hydrogens (tertiary/aromatic N) is 1. The molecule has 1 aromatic carbocycles. The van der Waals surface area contributed by atoms with Gasteiger partial charge in [0, 0.05) is 12.0 Å². The molecule has 0 aliphatic rings. The molecule has 1 aromatic rings. The summed E-state index contributed by atoms with van der Waals surface area (Å²) in [7, 11) is 0. The molecule has 92 valence electrons. The fraction of sp³-hybridized carbons (Fsp3) is 0.364. The maximum Gasteiger partial charge on any atom is 0.314 e. The first-order valence-corrected chi connectivity index (χ1v) is 5.02. The van der Waals surface area contributed by atoms with Gasteiger partial charge in [0.05, 0.1) is 4.92 Å². The van der Waals surface area contributed by atoms with Crippen molar-refractivity contribution < 1.29 is 18.8 Å². The molecule has 0 aromatic heterocycles. The van der Waals surface area contributed by atoms with Crippen molar-refractivity contribution in [3.63, 3.8) is 0 Å². The number of nitro benzene ring substituents is 1. The van der Waals surface area contributed by atoms with Crippen molar-refractivity contribution in [1.82, 2.24) is 0 Å². The molecule has 0 atom stereocenters. The van der Waals surface area contributed by atoms with E-state index in [1.807, 2.05) is 0 Å². The minimum absolute atomic E-state index is 0.248. The number of carbonyl (C=O) groups excluding carboxylic acids is 1. The number of hydrogen-bond donors (Lipinski definition) is 0. The van der Waals surface area contributed by atoms with E-state index in [2.05, 4.69) is 0 Å². The number of nitro groups is 1. The van der Waals surface area contributed by atoms with E-state index in [0.717, 1.165) is 12.1 Å². The summed E-state index contributed by atoms with van der Waals surface area (Å²) in [4.78, 5) is 21.2. The molecule has 0 spiro atoms. The van der Waals surface area contributed by atoms with E-state index < -0.39 is 22.2 Å². The van der Waals surface area contributed by atoms with Crippen molar-refractivity contribution >= 4 is 11.5 Å². The molecule has 0 fully saturated rings. The highest BCUT2D eigenvalue weighted by atomic mass is 19.1. The number of halogens is 1. The van der Waals surface area contributed by atoms with Crippen LogP contribution in [0, 0.1) is 21.8 Å². The Hall–Kier alpha value is -1.98. The standard InChI is InChI=1S/C11H12FNO4/c1-7(2)10(14)6-17-11-8(12)4-3-5-9(11)13(15)16/h3-5,7H,6H2,1-2H3. The summed E-state index contributed by atoms with van der Waals surface area (Å²) in [6, 6.07) is 3.38. The Labute approximate surface area is 97.3 Å². The van der Waals surface area contributed by atoms with Crippen LogP contribution in [0.5, 0.6) is 5.75 Å². The average Bonchev–Trinajstić information content (AvgIpc) is 2.26. The molecule has 0 amide bonds. The third-order valence-electron chi connectivity index (χ3n) is 2.15. The van der Waals surface area contributed by atoms with Crippen LogP contribution in [0.2, 0.25) is 0 Å². The van der Waals surface area contributed by atoms with Crippen molar-refractivity contribution in [3.8, 4) is 5.75 Å². The highest BCUT2D eigenvalue weighted by Crippen LogP contribution is 2.29. The van der Waals surface area contributed by atoms with E-state index >= 15 is 0 Å². The van der Waals surface area contributed by atoms with Crippen LogP contribution in [0.25, 0.3) is 0 Å². The lowest BCUT2D eigenvalue weighted by Gasteiger charge is -2.08. The van der Waals surface area contributed by atoms with Crippen molar-refractivity contribution in [2.45, 2.75) is 13.8 Å². The summed E-state index contributed by atoms with van der Waals surface area (Å²) in [5.74, 6) is -1.86. The van der Waals surface area contributed by atoms with E-state index in [1.165, 1.54) is 6.07 Å². The maximum absolute atomic E-state index is 13.3. The summed E-state index contributed by atoms with van der Waals surface area (Å²) >= 11 is 0. The van der Waals surface area contributed by atoms with Gasteiger partial charge in [-0.15, -0.1) is 0 Å². The van der Waals surface area contributed by atoms with Crippen LogP contribution in [0.4, 0.5) is 10.1 Å². The summed E-state index contributed by atoms with van der Waals surface area (Å²) in [6.45, 7) is 2.96. The molecule has 0 radical (unpaired) electrons. The molecule has 0 aliphatic heterocycles. The van der Waals surface area contributed by atoms with Crippen LogP contribution in [0.3, 0.4) is 0 Å². The second-order valence-corrected chi connectivity index (χ2v) is 3.75. The van der Waals surface area contributed by atoms with Crippen molar-refractivity contribution in [1.29, 1.82) is 0 Å². The molecule has 0 aliphatic carbocycles. The van der Waals surface area contributed by atoms with Crippen LogP contribution < -0.4 is 4.74 Å². The Balaban J connectivity index is 2.90. The Morgan fingerprint density at radius 2 is 2.18 bits per heavy atom. The summed E-state index contributed by atoms with van der Waals surface area (Å²) in [5.41, 5.74) is -0.485. The lowest BCUT2D eigenvalue weighted by molar-refractivity contribution is -0.386. The molecule has 0 N–H and O–H groups in total.